The topological polar surface area (TPSA) is 52.3 Å². The first-order valence-electron chi connectivity index (χ1n) is 10.8. The van der Waals surface area contributed by atoms with Crippen LogP contribution in [0.2, 0.25) is 0 Å². The van der Waals surface area contributed by atoms with Crippen molar-refractivity contribution in [3.8, 4) is 0 Å². The Morgan fingerprint density at radius 1 is 1.04 bits per heavy atom. The lowest BCUT2D eigenvalue weighted by atomic mass is 9.82. The van der Waals surface area contributed by atoms with Crippen molar-refractivity contribution in [3.63, 3.8) is 0 Å². The molecule has 0 bridgehead atoms. The van der Waals surface area contributed by atoms with Crippen LogP contribution < -0.4 is 0 Å². The molecule has 1 saturated carbocycles. The standard InChI is InChI=1S/C22H37NO3/c1-3-4-5-6-7-8-9-10-11-12-15-19-18-20(23-26-19)22(21(24)25-2)16-13-14-17-22/h18H,3-17H2,1-2H3. The summed E-state index contributed by atoms with van der Waals surface area (Å²) in [6, 6.07) is 2.00. The second-order valence-electron chi connectivity index (χ2n) is 7.89. The number of hydrogen-bond acceptors (Lipinski definition) is 4. The maximum Gasteiger partial charge on any atom is 0.318 e. The number of carbonyl (C=O) groups excluding carboxylic acids is 1. The summed E-state index contributed by atoms with van der Waals surface area (Å²) in [5.41, 5.74) is 0.220. The quantitative estimate of drug-likeness (QED) is 0.313. The van der Waals surface area contributed by atoms with Gasteiger partial charge in [-0.2, -0.15) is 0 Å². The molecule has 4 nitrogen and oxygen atoms in total. The molecule has 2 rings (SSSR count). The second-order valence-corrected chi connectivity index (χ2v) is 7.89. The molecule has 1 fully saturated rings. The fourth-order valence-electron chi connectivity index (χ4n) is 4.18. The van der Waals surface area contributed by atoms with Crippen LogP contribution in [-0.2, 0) is 21.4 Å². The normalized spacial score (nSPS) is 16.1. The molecule has 0 spiro atoms. The molecule has 0 atom stereocenters. The number of methoxy groups -OCH3 is 1. The molecule has 0 aliphatic heterocycles. The fourth-order valence-corrected chi connectivity index (χ4v) is 4.18. The van der Waals surface area contributed by atoms with E-state index in [1.54, 1.807) is 0 Å². The molecule has 0 radical (unpaired) electrons. The molecule has 148 valence electrons. The first-order valence-corrected chi connectivity index (χ1v) is 10.8. The van der Waals surface area contributed by atoms with Crippen LogP contribution in [0.1, 0.15) is 108 Å². The van der Waals surface area contributed by atoms with E-state index in [1.807, 2.05) is 6.07 Å². The van der Waals surface area contributed by atoms with Gasteiger partial charge in [0.15, 0.2) is 0 Å². The van der Waals surface area contributed by atoms with Gasteiger partial charge in [-0.05, 0) is 19.3 Å². The van der Waals surface area contributed by atoms with Crippen LogP contribution in [0.15, 0.2) is 10.6 Å². The van der Waals surface area contributed by atoms with Crippen molar-refractivity contribution in [2.24, 2.45) is 0 Å². The highest BCUT2D eigenvalue weighted by Crippen LogP contribution is 2.41. The van der Waals surface area contributed by atoms with E-state index in [2.05, 4.69) is 12.1 Å². The summed E-state index contributed by atoms with van der Waals surface area (Å²) >= 11 is 0. The smallest absolute Gasteiger partial charge is 0.318 e. The van der Waals surface area contributed by atoms with Crippen LogP contribution in [0.5, 0.6) is 0 Å². The lowest BCUT2D eigenvalue weighted by Crippen LogP contribution is -2.34. The number of rotatable bonds is 13. The third kappa shape index (κ3) is 5.85. The zero-order valence-electron chi connectivity index (χ0n) is 16.9. The molecule has 0 aromatic carbocycles. The Hall–Kier alpha value is -1.32. The number of esters is 1. The average Bonchev–Trinajstić information content (AvgIpc) is 3.32. The second kappa shape index (κ2) is 11.4. The van der Waals surface area contributed by atoms with Crippen LogP contribution in [0.3, 0.4) is 0 Å². The minimum absolute atomic E-state index is 0.159. The summed E-state index contributed by atoms with van der Waals surface area (Å²) in [5, 5.41) is 4.23. The van der Waals surface area contributed by atoms with Crippen molar-refractivity contribution in [1.82, 2.24) is 5.16 Å². The van der Waals surface area contributed by atoms with E-state index in [0.717, 1.165) is 50.0 Å². The van der Waals surface area contributed by atoms with Crippen molar-refractivity contribution < 1.29 is 14.1 Å². The van der Waals surface area contributed by atoms with Crippen molar-refractivity contribution in [2.45, 2.75) is 109 Å². The van der Waals surface area contributed by atoms with Crippen LogP contribution in [-0.4, -0.2) is 18.2 Å². The van der Waals surface area contributed by atoms with Gasteiger partial charge in [0.2, 0.25) is 0 Å². The number of ether oxygens (including phenoxy) is 1. The van der Waals surface area contributed by atoms with Crippen molar-refractivity contribution in [2.75, 3.05) is 7.11 Å². The van der Waals surface area contributed by atoms with E-state index in [0.29, 0.717) is 0 Å². The molecule has 1 aromatic rings. The van der Waals surface area contributed by atoms with E-state index in [4.69, 9.17) is 9.26 Å². The maximum atomic E-state index is 12.3. The summed E-state index contributed by atoms with van der Waals surface area (Å²) < 4.78 is 10.6. The van der Waals surface area contributed by atoms with E-state index in [-0.39, 0.29) is 5.97 Å². The van der Waals surface area contributed by atoms with Gasteiger partial charge in [0.05, 0.1) is 7.11 Å². The number of hydrogen-bond donors (Lipinski definition) is 0. The maximum absolute atomic E-state index is 12.3. The number of unbranched alkanes of at least 4 members (excludes halogenated alkanes) is 9. The molecule has 0 unspecified atom stereocenters. The van der Waals surface area contributed by atoms with Gasteiger partial charge < -0.3 is 9.26 Å². The zero-order chi connectivity index (χ0) is 18.7. The summed E-state index contributed by atoms with van der Waals surface area (Å²) in [6.07, 6.45) is 18.0. The van der Waals surface area contributed by atoms with E-state index < -0.39 is 5.41 Å². The molecule has 1 aliphatic carbocycles. The Morgan fingerprint density at radius 3 is 2.19 bits per heavy atom. The fraction of sp³-hybridized carbons (Fsp3) is 0.818. The number of aromatic nitrogens is 1. The van der Waals surface area contributed by atoms with Crippen LogP contribution in [0.4, 0.5) is 0 Å². The summed E-state index contributed by atoms with van der Waals surface area (Å²) in [6.45, 7) is 2.26. The van der Waals surface area contributed by atoms with Crippen LogP contribution in [0, 0.1) is 0 Å². The first kappa shape index (κ1) is 21.0. The number of nitrogens with zero attached hydrogens (tertiary/aromatic N) is 1. The largest absolute Gasteiger partial charge is 0.468 e. The van der Waals surface area contributed by atoms with Gasteiger partial charge >= 0.3 is 5.97 Å². The Balaban J connectivity index is 1.65. The highest BCUT2D eigenvalue weighted by atomic mass is 16.5. The Kier molecular flexibility index (Phi) is 9.21. The van der Waals surface area contributed by atoms with Gasteiger partial charge in [-0.15, -0.1) is 0 Å². The first-order chi connectivity index (χ1) is 12.7. The van der Waals surface area contributed by atoms with Gasteiger partial charge in [-0.25, -0.2) is 0 Å². The molecule has 0 saturated heterocycles. The van der Waals surface area contributed by atoms with Crippen molar-refractivity contribution in [1.29, 1.82) is 0 Å². The predicted octanol–water partition coefficient (Wildman–Crippen LogP) is 6.12. The molecule has 4 heteroatoms. The summed E-state index contributed by atoms with van der Waals surface area (Å²) in [5.74, 6) is 0.753. The SMILES string of the molecule is CCCCCCCCCCCCc1cc(C2(C(=O)OC)CCCC2)no1. The van der Waals surface area contributed by atoms with Gasteiger partial charge in [0.1, 0.15) is 16.9 Å². The minimum atomic E-state index is -0.561. The summed E-state index contributed by atoms with van der Waals surface area (Å²) in [4.78, 5) is 12.3. The lowest BCUT2D eigenvalue weighted by Gasteiger charge is -2.22. The zero-order valence-corrected chi connectivity index (χ0v) is 16.9. The Bertz CT molecular complexity index is 517. The minimum Gasteiger partial charge on any atom is -0.468 e. The lowest BCUT2D eigenvalue weighted by molar-refractivity contribution is -0.147. The predicted molar refractivity (Wildman–Crippen MR) is 104 cm³/mol. The highest BCUT2D eigenvalue weighted by Gasteiger charge is 2.46. The Labute approximate surface area is 159 Å². The molecule has 1 heterocycles. The van der Waals surface area contributed by atoms with Crippen LogP contribution >= 0.6 is 0 Å². The molecule has 0 N–H and O–H groups in total. The van der Waals surface area contributed by atoms with Gasteiger partial charge in [0.25, 0.3) is 0 Å². The molecular formula is C22H37NO3. The Morgan fingerprint density at radius 2 is 1.62 bits per heavy atom. The number of aryl methyl sites for hydroxylation is 1. The van der Waals surface area contributed by atoms with E-state index in [9.17, 15) is 4.79 Å². The summed E-state index contributed by atoms with van der Waals surface area (Å²) in [7, 11) is 1.47. The monoisotopic (exact) mass is 363 g/mol. The van der Waals surface area contributed by atoms with Gasteiger partial charge in [-0.3, -0.25) is 4.79 Å². The molecular weight excluding hydrogens is 326 g/mol. The molecule has 0 amide bonds. The molecule has 1 aromatic heterocycles. The van der Waals surface area contributed by atoms with Gasteiger partial charge in [0, 0.05) is 12.5 Å². The van der Waals surface area contributed by atoms with Crippen molar-refractivity contribution in [3.05, 3.63) is 17.5 Å². The third-order valence-corrected chi connectivity index (χ3v) is 5.86. The average molecular weight is 364 g/mol. The molecule has 26 heavy (non-hydrogen) atoms. The third-order valence-electron chi connectivity index (χ3n) is 5.86. The van der Waals surface area contributed by atoms with E-state index >= 15 is 0 Å². The molecule has 1 aliphatic rings. The highest BCUT2D eigenvalue weighted by molar-refractivity contribution is 5.82. The van der Waals surface area contributed by atoms with Gasteiger partial charge in [-0.1, -0.05) is 82.7 Å². The van der Waals surface area contributed by atoms with Crippen molar-refractivity contribution >= 4 is 5.97 Å². The van der Waals surface area contributed by atoms with Crippen LogP contribution in [0.25, 0.3) is 0 Å². The van der Waals surface area contributed by atoms with E-state index in [1.165, 1.54) is 64.9 Å². The number of carbonyl (C=O) groups is 1.